The van der Waals surface area contributed by atoms with Gasteiger partial charge in [-0.2, -0.15) is 0 Å². The number of carbonyl (C=O) groups excluding carboxylic acids is 1. The number of aromatic nitrogens is 2. The maximum atomic E-state index is 13.0. The number of nitrogens with zero attached hydrogens (tertiary/aromatic N) is 2. The van der Waals surface area contributed by atoms with Gasteiger partial charge in [0.05, 0.1) is 22.5 Å². The normalized spacial score (nSPS) is 10.6. The molecule has 5 nitrogen and oxygen atoms in total. The minimum absolute atomic E-state index is 0.317. The summed E-state index contributed by atoms with van der Waals surface area (Å²) < 4.78 is 13.0. The van der Waals surface area contributed by atoms with E-state index in [2.05, 4.69) is 20.8 Å². The largest absolute Gasteiger partial charge is 0.298 e. The summed E-state index contributed by atoms with van der Waals surface area (Å²) in [6, 6.07) is 18.6. The zero-order chi connectivity index (χ0) is 18.6. The lowest BCUT2D eigenvalue weighted by atomic mass is 10.0. The number of carbonyl (C=O) groups is 1. The van der Waals surface area contributed by atoms with Crippen molar-refractivity contribution in [2.45, 2.75) is 0 Å². The molecule has 0 spiro atoms. The number of para-hydroxylation sites is 1. The minimum atomic E-state index is -0.340. The fourth-order valence-corrected chi connectivity index (χ4v) is 2.75. The van der Waals surface area contributed by atoms with Gasteiger partial charge in [0.25, 0.3) is 5.91 Å². The van der Waals surface area contributed by atoms with E-state index in [4.69, 9.17) is 0 Å². The molecule has 0 saturated carbocycles. The highest BCUT2D eigenvalue weighted by atomic mass is 19.1. The van der Waals surface area contributed by atoms with E-state index < -0.39 is 0 Å². The number of amides is 1. The molecule has 6 heteroatoms. The molecule has 0 radical (unpaired) electrons. The summed E-state index contributed by atoms with van der Waals surface area (Å²) in [5.74, 6) is -0.656. The molecule has 0 aliphatic carbocycles. The van der Waals surface area contributed by atoms with Crippen molar-refractivity contribution in [3.05, 3.63) is 90.5 Å². The highest BCUT2D eigenvalue weighted by molar-refractivity contribution is 6.07. The number of pyridine rings is 2. The maximum absolute atomic E-state index is 13.0. The zero-order valence-electron chi connectivity index (χ0n) is 14.2. The molecule has 2 aromatic heterocycles. The van der Waals surface area contributed by atoms with Crippen molar-refractivity contribution >= 4 is 22.5 Å². The van der Waals surface area contributed by atoms with Gasteiger partial charge in [0.2, 0.25) is 0 Å². The third-order valence-electron chi connectivity index (χ3n) is 4.08. The number of fused-ring (bicyclic) bond motifs is 1. The van der Waals surface area contributed by atoms with Gasteiger partial charge < -0.3 is 0 Å². The van der Waals surface area contributed by atoms with Crippen LogP contribution in [0.2, 0.25) is 0 Å². The van der Waals surface area contributed by atoms with Crippen LogP contribution in [-0.4, -0.2) is 15.9 Å². The molecule has 0 fully saturated rings. The van der Waals surface area contributed by atoms with Gasteiger partial charge in [0.1, 0.15) is 5.82 Å². The zero-order valence-corrected chi connectivity index (χ0v) is 14.2. The first-order valence-corrected chi connectivity index (χ1v) is 8.33. The van der Waals surface area contributed by atoms with Gasteiger partial charge >= 0.3 is 0 Å². The topological polar surface area (TPSA) is 66.9 Å². The molecule has 4 rings (SSSR count). The van der Waals surface area contributed by atoms with Crippen molar-refractivity contribution in [3.8, 4) is 11.3 Å². The van der Waals surface area contributed by atoms with Crippen LogP contribution in [0.4, 0.5) is 10.1 Å². The quantitative estimate of drug-likeness (QED) is 0.537. The second-order valence-electron chi connectivity index (χ2n) is 5.90. The molecule has 0 aliphatic rings. The Morgan fingerprint density at radius 3 is 2.56 bits per heavy atom. The monoisotopic (exact) mass is 358 g/mol. The molecule has 132 valence electrons. The second kappa shape index (κ2) is 7.21. The SMILES string of the molecule is O=C(NNc1ccc(F)cc1)c1cc(-c2cccnc2)nc2ccccc12. The molecule has 0 aliphatic heterocycles. The highest BCUT2D eigenvalue weighted by Gasteiger charge is 2.14. The Hall–Kier alpha value is -3.80. The first kappa shape index (κ1) is 16.7. The van der Waals surface area contributed by atoms with Crippen LogP contribution in [0.25, 0.3) is 22.2 Å². The Bertz CT molecular complexity index is 1100. The van der Waals surface area contributed by atoms with Gasteiger partial charge in [-0.3, -0.25) is 20.6 Å². The molecule has 1 amide bonds. The molecule has 0 bridgehead atoms. The van der Waals surface area contributed by atoms with Gasteiger partial charge in [0.15, 0.2) is 0 Å². The van der Waals surface area contributed by atoms with Gasteiger partial charge in [-0.25, -0.2) is 9.37 Å². The highest BCUT2D eigenvalue weighted by Crippen LogP contribution is 2.24. The average molecular weight is 358 g/mol. The number of rotatable bonds is 4. The van der Waals surface area contributed by atoms with E-state index >= 15 is 0 Å². The van der Waals surface area contributed by atoms with Crippen molar-refractivity contribution in [1.82, 2.24) is 15.4 Å². The number of anilines is 1. The number of benzene rings is 2. The summed E-state index contributed by atoms with van der Waals surface area (Å²) in [5.41, 5.74) is 8.70. The lowest BCUT2D eigenvalue weighted by molar-refractivity contribution is 0.0964. The summed E-state index contributed by atoms with van der Waals surface area (Å²) in [4.78, 5) is 21.5. The molecule has 27 heavy (non-hydrogen) atoms. The smallest absolute Gasteiger partial charge is 0.270 e. The van der Waals surface area contributed by atoms with Crippen LogP contribution in [-0.2, 0) is 0 Å². The number of hydrazine groups is 1. The van der Waals surface area contributed by atoms with Crippen molar-refractivity contribution in [1.29, 1.82) is 0 Å². The predicted molar refractivity (Wildman–Crippen MR) is 102 cm³/mol. The van der Waals surface area contributed by atoms with Gasteiger partial charge in [-0.1, -0.05) is 18.2 Å². The molecule has 2 aromatic carbocycles. The Labute approximate surface area is 154 Å². The molecule has 4 aromatic rings. The first-order chi connectivity index (χ1) is 13.2. The second-order valence-corrected chi connectivity index (χ2v) is 5.90. The van der Waals surface area contributed by atoms with E-state index in [-0.39, 0.29) is 11.7 Å². The molecular formula is C21H15FN4O. The maximum Gasteiger partial charge on any atom is 0.270 e. The van der Waals surface area contributed by atoms with Crippen molar-refractivity contribution in [2.75, 3.05) is 5.43 Å². The van der Waals surface area contributed by atoms with Crippen LogP contribution in [0, 0.1) is 5.82 Å². The lowest BCUT2D eigenvalue weighted by Crippen LogP contribution is -2.29. The Morgan fingerprint density at radius 1 is 0.963 bits per heavy atom. The Morgan fingerprint density at radius 2 is 1.78 bits per heavy atom. The number of hydrogen-bond acceptors (Lipinski definition) is 4. The van der Waals surface area contributed by atoms with Crippen molar-refractivity contribution < 1.29 is 9.18 Å². The Kier molecular flexibility index (Phi) is 4.45. The summed E-state index contributed by atoms with van der Waals surface area (Å²) >= 11 is 0. The van der Waals surface area contributed by atoms with Gasteiger partial charge in [0, 0.05) is 23.3 Å². The van der Waals surface area contributed by atoms with E-state index in [1.165, 1.54) is 12.1 Å². The van der Waals surface area contributed by atoms with Crippen molar-refractivity contribution in [3.63, 3.8) is 0 Å². The van der Waals surface area contributed by atoms with E-state index in [0.717, 1.165) is 10.9 Å². The lowest BCUT2D eigenvalue weighted by Gasteiger charge is -2.12. The molecule has 2 heterocycles. The van der Waals surface area contributed by atoms with Crippen LogP contribution in [0.1, 0.15) is 10.4 Å². The standard InChI is InChI=1S/C21H15FN4O/c22-15-7-9-16(10-8-15)25-26-21(27)18-12-20(14-4-3-11-23-13-14)24-19-6-2-1-5-17(18)19/h1-13,25H,(H,26,27). The van der Waals surface area contributed by atoms with E-state index in [0.29, 0.717) is 22.5 Å². The van der Waals surface area contributed by atoms with Crippen LogP contribution in [0.15, 0.2) is 79.1 Å². The molecule has 0 saturated heterocycles. The number of nitrogens with one attached hydrogen (secondary N) is 2. The van der Waals surface area contributed by atoms with Crippen LogP contribution < -0.4 is 10.9 Å². The first-order valence-electron chi connectivity index (χ1n) is 8.33. The number of hydrogen-bond donors (Lipinski definition) is 2. The third-order valence-corrected chi connectivity index (χ3v) is 4.08. The van der Waals surface area contributed by atoms with Crippen molar-refractivity contribution in [2.24, 2.45) is 0 Å². The molecule has 2 N–H and O–H groups in total. The predicted octanol–water partition coefficient (Wildman–Crippen LogP) is 4.19. The summed E-state index contributed by atoms with van der Waals surface area (Å²) in [7, 11) is 0. The fourth-order valence-electron chi connectivity index (χ4n) is 2.75. The summed E-state index contributed by atoms with van der Waals surface area (Å²) in [6.07, 6.45) is 3.39. The van der Waals surface area contributed by atoms with E-state index in [1.807, 2.05) is 36.4 Å². The van der Waals surface area contributed by atoms with Crippen LogP contribution in [0.5, 0.6) is 0 Å². The number of halogens is 1. The average Bonchev–Trinajstić information content (AvgIpc) is 2.73. The van der Waals surface area contributed by atoms with E-state index in [1.54, 1.807) is 30.6 Å². The third kappa shape index (κ3) is 3.59. The minimum Gasteiger partial charge on any atom is -0.298 e. The van der Waals surface area contributed by atoms with Crippen LogP contribution in [0.3, 0.4) is 0 Å². The van der Waals surface area contributed by atoms with Gasteiger partial charge in [-0.05, 0) is 48.5 Å². The summed E-state index contributed by atoms with van der Waals surface area (Å²) in [6.45, 7) is 0. The summed E-state index contributed by atoms with van der Waals surface area (Å²) in [5, 5.41) is 0.739. The van der Waals surface area contributed by atoms with Crippen LogP contribution >= 0.6 is 0 Å². The molecule has 0 unspecified atom stereocenters. The Balaban J connectivity index is 1.69. The molecular weight excluding hydrogens is 343 g/mol. The van der Waals surface area contributed by atoms with E-state index in [9.17, 15) is 9.18 Å². The molecule has 0 atom stereocenters. The van der Waals surface area contributed by atoms with Gasteiger partial charge in [-0.15, -0.1) is 0 Å². The fraction of sp³-hybridized carbons (Fsp3) is 0.